The SMILES string of the molecule is CCCCN(CC(F)(F)F)C(=O)C1c2ccccc2-c2cccc(N3CCCCC3NC(=O)c3ccsc3-c3ccccc3)c21. The van der Waals surface area contributed by atoms with E-state index in [4.69, 9.17) is 0 Å². The van der Waals surface area contributed by atoms with Crippen LogP contribution in [0, 0.1) is 0 Å². The third-order valence-corrected chi connectivity index (χ3v) is 9.66. The minimum absolute atomic E-state index is 0.0395. The minimum atomic E-state index is -4.51. The summed E-state index contributed by atoms with van der Waals surface area (Å²) in [7, 11) is 0. The molecule has 2 heterocycles. The highest BCUT2D eigenvalue weighted by atomic mass is 32.1. The molecule has 0 bridgehead atoms. The van der Waals surface area contributed by atoms with Gasteiger partial charge in [0.05, 0.1) is 11.5 Å². The highest BCUT2D eigenvalue weighted by Crippen LogP contribution is 2.50. The molecule has 234 valence electrons. The van der Waals surface area contributed by atoms with Gasteiger partial charge in [-0.05, 0) is 65.4 Å². The van der Waals surface area contributed by atoms with E-state index in [0.717, 1.165) is 50.6 Å². The number of fused-ring (bicyclic) bond motifs is 3. The Balaban J connectivity index is 1.36. The van der Waals surface area contributed by atoms with Gasteiger partial charge >= 0.3 is 6.18 Å². The first kappa shape index (κ1) is 30.9. The van der Waals surface area contributed by atoms with Crippen LogP contribution >= 0.6 is 11.3 Å². The van der Waals surface area contributed by atoms with Gasteiger partial charge in [-0.15, -0.1) is 11.3 Å². The number of nitrogens with one attached hydrogen (secondary N) is 1. The lowest BCUT2D eigenvalue weighted by Gasteiger charge is -2.39. The molecule has 5 nitrogen and oxygen atoms in total. The van der Waals surface area contributed by atoms with Crippen molar-refractivity contribution in [2.75, 3.05) is 24.5 Å². The van der Waals surface area contributed by atoms with Crippen molar-refractivity contribution in [3.05, 3.63) is 101 Å². The topological polar surface area (TPSA) is 52.7 Å². The molecule has 3 aromatic carbocycles. The molecule has 1 N–H and O–H groups in total. The van der Waals surface area contributed by atoms with E-state index in [1.165, 1.54) is 11.3 Å². The molecule has 1 aliphatic heterocycles. The molecule has 0 spiro atoms. The molecule has 0 radical (unpaired) electrons. The number of amides is 2. The number of hydrogen-bond acceptors (Lipinski definition) is 4. The molecule has 1 fully saturated rings. The van der Waals surface area contributed by atoms with Gasteiger partial charge in [-0.25, -0.2) is 0 Å². The Morgan fingerprint density at radius 1 is 0.956 bits per heavy atom. The van der Waals surface area contributed by atoms with Crippen LogP contribution in [0.4, 0.5) is 18.9 Å². The number of rotatable bonds is 9. The first-order chi connectivity index (χ1) is 21.8. The lowest BCUT2D eigenvalue weighted by Crippen LogP contribution is -2.51. The zero-order chi connectivity index (χ0) is 31.6. The molecule has 2 unspecified atom stereocenters. The zero-order valence-corrected chi connectivity index (χ0v) is 26.0. The first-order valence-electron chi connectivity index (χ1n) is 15.5. The first-order valence-corrected chi connectivity index (χ1v) is 16.4. The van der Waals surface area contributed by atoms with Gasteiger partial charge in [0.2, 0.25) is 5.91 Å². The van der Waals surface area contributed by atoms with Crippen LogP contribution in [0.25, 0.3) is 21.6 Å². The summed E-state index contributed by atoms with van der Waals surface area (Å²) in [6.45, 7) is 1.31. The molecular formula is C36H36F3N3O2S. The molecule has 2 atom stereocenters. The lowest BCUT2D eigenvalue weighted by atomic mass is 9.92. The smallest absolute Gasteiger partial charge is 0.351 e. The number of alkyl halides is 3. The van der Waals surface area contributed by atoms with E-state index < -0.39 is 24.5 Å². The van der Waals surface area contributed by atoms with Gasteiger partial charge in [0.1, 0.15) is 12.7 Å². The molecule has 1 saturated heterocycles. The molecule has 1 aromatic heterocycles. The van der Waals surface area contributed by atoms with E-state index in [-0.39, 0.29) is 18.6 Å². The van der Waals surface area contributed by atoms with Crippen molar-refractivity contribution in [2.24, 2.45) is 0 Å². The van der Waals surface area contributed by atoms with E-state index >= 15 is 0 Å². The van der Waals surface area contributed by atoms with Crippen LogP contribution in [0.15, 0.2) is 84.2 Å². The van der Waals surface area contributed by atoms with Crippen LogP contribution in [0.3, 0.4) is 0 Å². The van der Waals surface area contributed by atoms with E-state index in [0.29, 0.717) is 36.9 Å². The number of thiophene rings is 1. The molecule has 2 aliphatic rings. The highest BCUT2D eigenvalue weighted by molar-refractivity contribution is 7.14. The number of nitrogens with zero attached hydrogens (tertiary/aromatic N) is 2. The predicted molar refractivity (Wildman–Crippen MR) is 173 cm³/mol. The number of carbonyl (C=O) groups excluding carboxylic acids is 2. The third kappa shape index (κ3) is 6.36. The standard InChI is InChI=1S/C36H36F3N3O2S/c1-2-3-20-41(23-36(37,38)39)35(44)32-27-15-8-7-14-25(27)26-16-11-17-29(31(26)32)42-21-10-9-18-30(42)40-34(43)28-19-22-45-33(28)24-12-5-4-6-13-24/h4-8,11-17,19,22,30,32H,2-3,9-10,18,20-21,23H2,1H3,(H,40,43). The van der Waals surface area contributed by atoms with Crippen LogP contribution in [-0.4, -0.2) is 48.7 Å². The summed E-state index contributed by atoms with van der Waals surface area (Å²) in [4.78, 5) is 32.0. The molecular weight excluding hydrogens is 595 g/mol. The van der Waals surface area contributed by atoms with Crippen molar-refractivity contribution >= 4 is 28.8 Å². The third-order valence-electron chi connectivity index (χ3n) is 8.70. The lowest BCUT2D eigenvalue weighted by molar-refractivity contribution is -0.161. The van der Waals surface area contributed by atoms with Crippen LogP contribution in [0.5, 0.6) is 0 Å². The van der Waals surface area contributed by atoms with E-state index in [9.17, 15) is 22.8 Å². The van der Waals surface area contributed by atoms with Crippen LogP contribution in [0.1, 0.15) is 66.4 Å². The molecule has 1 aliphatic carbocycles. The van der Waals surface area contributed by atoms with Gasteiger partial charge < -0.3 is 15.1 Å². The Morgan fingerprint density at radius 2 is 1.71 bits per heavy atom. The second-order valence-corrected chi connectivity index (χ2v) is 12.6. The van der Waals surface area contributed by atoms with Gasteiger partial charge in [0.15, 0.2) is 0 Å². The van der Waals surface area contributed by atoms with Gasteiger partial charge in [-0.3, -0.25) is 9.59 Å². The Hall–Kier alpha value is -4.11. The Kier molecular flexibility index (Phi) is 8.99. The number of piperidine rings is 1. The number of unbranched alkanes of at least 4 members (excludes halogenated alkanes) is 1. The summed E-state index contributed by atoms with van der Waals surface area (Å²) in [5.74, 6) is -1.58. The van der Waals surface area contributed by atoms with Crippen molar-refractivity contribution < 1.29 is 22.8 Å². The van der Waals surface area contributed by atoms with Crippen molar-refractivity contribution in [1.82, 2.24) is 10.2 Å². The summed E-state index contributed by atoms with van der Waals surface area (Å²) in [5.41, 5.74) is 5.51. The molecule has 4 aromatic rings. The fourth-order valence-electron chi connectivity index (χ4n) is 6.66. The second kappa shape index (κ2) is 13.1. The summed E-state index contributed by atoms with van der Waals surface area (Å²) < 4.78 is 41.2. The normalized spacial score (nSPS) is 17.5. The van der Waals surface area contributed by atoms with Crippen LogP contribution in [0.2, 0.25) is 0 Å². The van der Waals surface area contributed by atoms with Gasteiger partial charge in [-0.2, -0.15) is 13.2 Å². The Labute approximate surface area is 265 Å². The maximum Gasteiger partial charge on any atom is 0.406 e. The Morgan fingerprint density at radius 3 is 2.49 bits per heavy atom. The molecule has 6 rings (SSSR count). The average Bonchev–Trinajstić information content (AvgIpc) is 3.67. The predicted octanol–water partition coefficient (Wildman–Crippen LogP) is 8.46. The fraction of sp³-hybridized carbons (Fsp3) is 0.333. The molecule has 2 amide bonds. The number of hydrogen-bond donors (Lipinski definition) is 1. The number of halogens is 3. The van der Waals surface area contributed by atoms with Crippen LogP contribution in [-0.2, 0) is 4.79 Å². The zero-order valence-electron chi connectivity index (χ0n) is 25.1. The van der Waals surface area contributed by atoms with Crippen molar-refractivity contribution in [3.8, 4) is 21.6 Å². The monoisotopic (exact) mass is 631 g/mol. The average molecular weight is 632 g/mol. The molecule has 45 heavy (non-hydrogen) atoms. The molecule has 9 heteroatoms. The molecule has 0 saturated carbocycles. The minimum Gasteiger partial charge on any atom is -0.351 e. The quantitative estimate of drug-likeness (QED) is 0.202. The number of anilines is 1. The number of benzene rings is 3. The summed E-state index contributed by atoms with van der Waals surface area (Å²) in [5, 5.41) is 5.18. The van der Waals surface area contributed by atoms with Gasteiger partial charge in [0.25, 0.3) is 5.91 Å². The van der Waals surface area contributed by atoms with Crippen LogP contribution < -0.4 is 10.2 Å². The fourth-order valence-corrected chi connectivity index (χ4v) is 7.56. The van der Waals surface area contributed by atoms with E-state index in [1.807, 2.05) is 91.2 Å². The van der Waals surface area contributed by atoms with Crippen molar-refractivity contribution in [3.63, 3.8) is 0 Å². The summed E-state index contributed by atoms with van der Waals surface area (Å²) in [6.07, 6.45) is -1.16. The Bertz CT molecular complexity index is 1670. The highest BCUT2D eigenvalue weighted by Gasteiger charge is 2.42. The maximum atomic E-state index is 14.2. The van der Waals surface area contributed by atoms with Crippen molar-refractivity contribution in [2.45, 2.75) is 57.3 Å². The maximum absolute atomic E-state index is 14.2. The summed E-state index contributed by atoms with van der Waals surface area (Å²) in [6, 6.07) is 25.0. The van der Waals surface area contributed by atoms with E-state index in [2.05, 4.69) is 10.2 Å². The van der Waals surface area contributed by atoms with Gasteiger partial charge in [-0.1, -0.05) is 80.1 Å². The van der Waals surface area contributed by atoms with Gasteiger partial charge in [0, 0.05) is 29.2 Å². The summed E-state index contributed by atoms with van der Waals surface area (Å²) >= 11 is 1.52. The second-order valence-electron chi connectivity index (χ2n) is 11.7. The van der Waals surface area contributed by atoms with E-state index in [1.54, 1.807) is 0 Å². The largest absolute Gasteiger partial charge is 0.406 e. The number of carbonyl (C=O) groups is 2. The van der Waals surface area contributed by atoms with Crippen molar-refractivity contribution in [1.29, 1.82) is 0 Å².